The Balaban J connectivity index is 1.97. The van der Waals surface area contributed by atoms with Crippen molar-refractivity contribution >= 4 is 17.9 Å². The Labute approximate surface area is 238 Å². The molecular formula is C32H45N3O5. The molecule has 2 unspecified atom stereocenters. The molecule has 3 N–H and O–H groups in total. The molecule has 1 saturated carbocycles. The summed E-state index contributed by atoms with van der Waals surface area (Å²) in [4.78, 5) is 42.6. The van der Waals surface area contributed by atoms with Gasteiger partial charge in [0.1, 0.15) is 23.4 Å². The second kappa shape index (κ2) is 14.2. The van der Waals surface area contributed by atoms with Gasteiger partial charge in [-0.25, -0.2) is 4.79 Å². The first-order valence-electron chi connectivity index (χ1n) is 14.4. The number of amides is 3. The summed E-state index contributed by atoms with van der Waals surface area (Å²) in [5.41, 5.74) is 1.79. The van der Waals surface area contributed by atoms with Crippen LogP contribution in [0.3, 0.4) is 0 Å². The fourth-order valence-electron chi connectivity index (χ4n) is 5.07. The zero-order chi connectivity index (χ0) is 29.3. The normalized spacial score (nSPS) is 15.5. The Kier molecular flexibility index (Phi) is 11.0. The molecule has 8 heteroatoms. The Morgan fingerprint density at radius 2 is 1.62 bits per heavy atom. The van der Waals surface area contributed by atoms with E-state index in [2.05, 4.69) is 10.6 Å². The highest BCUT2D eigenvalue weighted by Gasteiger charge is 2.36. The SMILES string of the molecule is CCCN(C(=O)C(Cc1ccc(O)cc1)NC(=O)OC(C)(C)C)C(C(=O)NC1CCCCC1)c1ccc(C)cc1. The summed E-state index contributed by atoms with van der Waals surface area (Å²) < 4.78 is 5.48. The van der Waals surface area contributed by atoms with Gasteiger partial charge in [-0.3, -0.25) is 9.59 Å². The third-order valence-corrected chi connectivity index (χ3v) is 7.02. The van der Waals surface area contributed by atoms with Crippen LogP contribution in [0.1, 0.15) is 89.0 Å². The van der Waals surface area contributed by atoms with Gasteiger partial charge in [0, 0.05) is 19.0 Å². The maximum atomic E-state index is 14.3. The first-order chi connectivity index (χ1) is 19.0. The molecular weight excluding hydrogens is 506 g/mol. The van der Waals surface area contributed by atoms with Crippen molar-refractivity contribution in [2.24, 2.45) is 0 Å². The summed E-state index contributed by atoms with van der Waals surface area (Å²) >= 11 is 0. The molecule has 3 rings (SSSR count). The zero-order valence-corrected chi connectivity index (χ0v) is 24.5. The molecule has 2 atom stereocenters. The van der Waals surface area contributed by atoms with Crippen LogP contribution in [0.4, 0.5) is 4.79 Å². The van der Waals surface area contributed by atoms with Gasteiger partial charge in [-0.05, 0) is 70.2 Å². The van der Waals surface area contributed by atoms with Crippen LogP contribution >= 0.6 is 0 Å². The number of phenolic OH excluding ortho intramolecular Hbond substituents is 1. The van der Waals surface area contributed by atoms with Gasteiger partial charge in [0.15, 0.2) is 0 Å². The van der Waals surface area contributed by atoms with Crippen molar-refractivity contribution in [1.82, 2.24) is 15.5 Å². The molecule has 1 fully saturated rings. The van der Waals surface area contributed by atoms with Gasteiger partial charge in [-0.2, -0.15) is 0 Å². The lowest BCUT2D eigenvalue weighted by molar-refractivity contribution is -0.142. The number of alkyl carbamates (subject to hydrolysis) is 1. The van der Waals surface area contributed by atoms with Crippen molar-refractivity contribution in [3.05, 3.63) is 65.2 Å². The highest BCUT2D eigenvalue weighted by molar-refractivity contribution is 5.92. The van der Waals surface area contributed by atoms with Crippen molar-refractivity contribution in [3.8, 4) is 5.75 Å². The molecule has 3 amide bonds. The van der Waals surface area contributed by atoms with Crippen molar-refractivity contribution in [3.63, 3.8) is 0 Å². The number of rotatable bonds is 10. The summed E-state index contributed by atoms with van der Waals surface area (Å²) in [6.45, 7) is 9.55. The predicted octanol–water partition coefficient (Wildman–Crippen LogP) is 5.57. The maximum absolute atomic E-state index is 14.3. The van der Waals surface area contributed by atoms with E-state index in [1.807, 2.05) is 38.1 Å². The highest BCUT2D eigenvalue weighted by Crippen LogP contribution is 2.26. The van der Waals surface area contributed by atoms with E-state index in [0.29, 0.717) is 13.0 Å². The topological polar surface area (TPSA) is 108 Å². The number of carbonyl (C=O) groups is 3. The minimum atomic E-state index is -0.985. The first-order valence-corrected chi connectivity index (χ1v) is 14.4. The zero-order valence-electron chi connectivity index (χ0n) is 24.5. The molecule has 0 saturated heterocycles. The van der Waals surface area contributed by atoms with Gasteiger partial charge in [0.25, 0.3) is 0 Å². The summed E-state index contributed by atoms with van der Waals surface area (Å²) in [5, 5.41) is 15.7. The van der Waals surface area contributed by atoms with Crippen LogP contribution in [0.15, 0.2) is 48.5 Å². The number of carbonyl (C=O) groups excluding carboxylic acids is 3. The second-order valence-electron chi connectivity index (χ2n) is 11.8. The monoisotopic (exact) mass is 551 g/mol. The summed E-state index contributed by atoms with van der Waals surface area (Å²) in [7, 11) is 0. The van der Waals surface area contributed by atoms with Crippen LogP contribution in [0.5, 0.6) is 5.75 Å². The van der Waals surface area contributed by atoms with Crippen LogP contribution < -0.4 is 10.6 Å². The second-order valence-corrected chi connectivity index (χ2v) is 11.8. The molecule has 0 aromatic heterocycles. The van der Waals surface area contributed by atoms with Crippen LogP contribution in [0.25, 0.3) is 0 Å². The number of phenols is 1. The van der Waals surface area contributed by atoms with Crippen molar-refractivity contribution in [2.75, 3.05) is 6.54 Å². The van der Waals surface area contributed by atoms with E-state index in [4.69, 9.17) is 4.74 Å². The van der Waals surface area contributed by atoms with Crippen molar-refractivity contribution < 1.29 is 24.2 Å². The molecule has 1 aliphatic carbocycles. The highest BCUT2D eigenvalue weighted by atomic mass is 16.6. The molecule has 40 heavy (non-hydrogen) atoms. The van der Waals surface area contributed by atoms with Gasteiger partial charge in [0.05, 0.1) is 0 Å². The fourth-order valence-corrected chi connectivity index (χ4v) is 5.07. The fraction of sp³-hybridized carbons (Fsp3) is 0.531. The lowest BCUT2D eigenvalue weighted by Gasteiger charge is -2.35. The van der Waals surface area contributed by atoms with E-state index in [1.54, 1.807) is 49.9 Å². The summed E-state index contributed by atoms with van der Waals surface area (Å²) in [6.07, 6.45) is 5.27. The molecule has 0 heterocycles. The van der Waals surface area contributed by atoms with Gasteiger partial charge >= 0.3 is 6.09 Å². The third-order valence-electron chi connectivity index (χ3n) is 7.02. The Bertz CT molecular complexity index is 1120. The van der Waals surface area contributed by atoms with E-state index in [-0.39, 0.29) is 30.0 Å². The van der Waals surface area contributed by atoms with E-state index in [0.717, 1.165) is 42.4 Å². The van der Waals surface area contributed by atoms with Gasteiger partial charge in [-0.15, -0.1) is 0 Å². The van der Waals surface area contributed by atoms with Crippen molar-refractivity contribution in [1.29, 1.82) is 0 Å². The van der Waals surface area contributed by atoms with Crippen molar-refractivity contribution in [2.45, 2.75) is 103 Å². The molecule has 218 valence electrons. The molecule has 0 spiro atoms. The molecule has 0 aliphatic heterocycles. The van der Waals surface area contributed by atoms with Crippen LogP contribution in [0.2, 0.25) is 0 Å². The van der Waals surface area contributed by atoms with E-state index in [9.17, 15) is 19.5 Å². The Hall–Kier alpha value is -3.55. The molecule has 2 aromatic carbocycles. The average molecular weight is 552 g/mol. The standard InChI is InChI=1S/C32H45N3O5/c1-6-20-35(28(24-16-12-22(2)13-17-24)29(37)33-25-10-8-7-9-11-25)30(38)27(34-31(39)40-32(3,4)5)21-23-14-18-26(36)19-15-23/h12-19,25,27-28,36H,6-11,20-21H2,1-5H3,(H,33,37)(H,34,39). The van der Waals surface area contributed by atoms with Crippen LogP contribution in [-0.2, 0) is 20.7 Å². The lowest BCUT2D eigenvalue weighted by atomic mass is 9.94. The third kappa shape index (κ3) is 9.28. The maximum Gasteiger partial charge on any atom is 0.408 e. The number of hydrogen-bond acceptors (Lipinski definition) is 5. The number of nitrogens with one attached hydrogen (secondary N) is 2. The minimum absolute atomic E-state index is 0.0838. The largest absolute Gasteiger partial charge is 0.508 e. The number of ether oxygens (including phenoxy) is 1. The van der Waals surface area contributed by atoms with E-state index in [1.165, 1.54) is 6.42 Å². The van der Waals surface area contributed by atoms with Gasteiger partial charge in [0.2, 0.25) is 11.8 Å². The molecule has 8 nitrogen and oxygen atoms in total. The Morgan fingerprint density at radius 1 is 1.00 bits per heavy atom. The number of nitrogens with zero attached hydrogens (tertiary/aromatic N) is 1. The molecule has 0 bridgehead atoms. The number of hydrogen-bond donors (Lipinski definition) is 3. The smallest absolute Gasteiger partial charge is 0.408 e. The molecule has 0 radical (unpaired) electrons. The van der Waals surface area contributed by atoms with Crippen LogP contribution in [0, 0.1) is 6.92 Å². The molecule has 2 aromatic rings. The summed E-state index contributed by atoms with van der Waals surface area (Å²) in [6, 6.07) is 12.4. The number of aryl methyl sites for hydroxylation is 1. The van der Waals surface area contributed by atoms with Gasteiger partial charge in [-0.1, -0.05) is 68.1 Å². The minimum Gasteiger partial charge on any atom is -0.508 e. The quantitative estimate of drug-likeness (QED) is 0.358. The van der Waals surface area contributed by atoms with E-state index < -0.39 is 23.8 Å². The Morgan fingerprint density at radius 3 is 2.20 bits per heavy atom. The average Bonchev–Trinajstić information content (AvgIpc) is 2.89. The predicted molar refractivity (Wildman–Crippen MR) is 156 cm³/mol. The molecule has 1 aliphatic rings. The first kappa shape index (κ1) is 31.0. The summed E-state index contributed by atoms with van der Waals surface area (Å²) in [5.74, 6) is -0.471. The number of aromatic hydroxyl groups is 1. The van der Waals surface area contributed by atoms with Gasteiger partial charge < -0.3 is 25.4 Å². The van der Waals surface area contributed by atoms with Crippen LogP contribution in [-0.4, -0.2) is 52.1 Å². The number of benzene rings is 2. The van der Waals surface area contributed by atoms with E-state index >= 15 is 0 Å². The lowest BCUT2D eigenvalue weighted by Crippen LogP contribution is -2.54.